The van der Waals surface area contributed by atoms with Crippen LogP contribution in [0.3, 0.4) is 0 Å². The van der Waals surface area contributed by atoms with Crippen LogP contribution in [0, 0.1) is 11.3 Å². The molecule has 0 aromatic heterocycles. The summed E-state index contributed by atoms with van der Waals surface area (Å²) in [4.78, 5) is 14.1. The van der Waals surface area contributed by atoms with E-state index >= 15 is 0 Å². The monoisotopic (exact) mass is 226 g/mol. The van der Waals surface area contributed by atoms with Gasteiger partial charge in [-0.1, -0.05) is 35.5 Å². The first-order chi connectivity index (χ1) is 8.27. The van der Waals surface area contributed by atoms with Crippen LogP contribution in [0.1, 0.15) is 22.3 Å². The van der Waals surface area contributed by atoms with Crippen LogP contribution in [0.2, 0.25) is 0 Å². The number of nitrogens with zero attached hydrogens (tertiary/aromatic N) is 4. The molecule has 17 heavy (non-hydrogen) atoms. The molecule has 0 amide bonds. The number of carbonyl (C=O) groups is 1. The van der Waals surface area contributed by atoms with E-state index < -0.39 is 0 Å². The molecule has 0 aliphatic rings. The lowest BCUT2D eigenvalue weighted by molar-refractivity contribution is 0.0997. The number of rotatable bonds is 5. The lowest BCUT2D eigenvalue weighted by atomic mass is 10.1. The summed E-state index contributed by atoms with van der Waals surface area (Å²) >= 11 is 0. The SMILES string of the molecule is N#CCC(=O)c1cccc(C=CCN=[N+]=[N-])c1. The van der Waals surface area contributed by atoms with E-state index in [1.165, 1.54) is 0 Å². The van der Waals surface area contributed by atoms with E-state index in [1.807, 2.05) is 12.1 Å². The molecule has 84 valence electrons. The van der Waals surface area contributed by atoms with Gasteiger partial charge in [0.15, 0.2) is 5.78 Å². The normalized spacial score (nSPS) is 9.59. The van der Waals surface area contributed by atoms with Gasteiger partial charge >= 0.3 is 0 Å². The number of Topliss-reactive ketones (excluding diaryl/α,β-unsaturated/α-hetero) is 1. The minimum absolute atomic E-state index is 0.119. The number of carbonyl (C=O) groups excluding carboxylic acids is 1. The van der Waals surface area contributed by atoms with Gasteiger partial charge in [-0.25, -0.2) is 0 Å². The molecule has 1 aromatic carbocycles. The second-order valence-electron chi connectivity index (χ2n) is 3.20. The predicted octanol–water partition coefficient (Wildman–Crippen LogP) is 3.11. The first-order valence-corrected chi connectivity index (χ1v) is 4.95. The van der Waals surface area contributed by atoms with Gasteiger partial charge in [0.2, 0.25) is 0 Å². The average Bonchev–Trinajstić information content (AvgIpc) is 2.35. The summed E-state index contributed by atoms with van der Waals surface area (Å²) in [7, 11) is 0. The number of benzene rings is 1. The lowest BCUT2D eigenvalue weighted by Gasteiger charge is -1.98. The molecule has 0 saturated carbocycles. The molecular weight excluding hydrogens is 216 g/mol. The Kier molecular flexibility index (Phi) is 5.02. The minimum atomic E-state index is -0.196. The molecule has 0 fully saturated rings. The molecule has 1 aromatic rings. The van der Waals surface area contributed by atoms with Crippen molar-refractivity contribution in [2.45, 2.75) is 6.42 Å². The number of hydrogen-bond donors (Lipinski definition) is 0. The van der Waals surface area contributed by atoms with Crippen LogP contribution in [-0.4, -0.2) is 12.3 Å². The topological polar surface area (TPSA) is 89.6 Å². The standard InChI is InChI=1S/C12H10N4O/c13-7-6-12(17)11-5-1-3-10(9-11)4-2-8-15-16-14/h1-5,9H,6,8H2. The summed E-state index contributed by atoms with van der Waals surface area (Å²) in [6.07, 6.45) is 3.34. The molecule has 5 heteroatoms. The number of hydrogen-bond acceptors (Lipinski definition) is 3. The van der Waals surface area contributed by atoms with Crippen LogP contribution < -0.4 is 0 Å². The number of azide groups is 1. The fourth-order valence-electron chi connectivity index (χ4n) is 1.26. The Morgan fingerprint density at radius 1 is 1.59 bits per heavy atom. The second-order valence-corrected chi connectivity index (χ2v) is 3.20. The van der Waals surface area contributed by atoms with Crippen LogP contribution in [-0.2, 0) is 0 Å². The van der Waals surface area contributed by atoms with Gasteiger partial charge < -0.3 is 0 Å². The van der Waals surface area contributed by atoms with Gasteiger partial charge in [-0.3, -0.25) is 4.79 Å². The molecule has 0 aliphatic carbocycles. The third-order valence-electron chi connectivity index (χ3n) is 2.01. The van der Waals surface area contributed by atoms with Crippen molar-refractivity contribution in [3.8, 4) is 6.07 Å². The first-order valence-electron chi connectivity index (χ1n) is 4.95. The van der Waals surface area contributed by atoms with Crippen LogP contribution in [0.15, 0.2) is 35.5 Å². The molecule has 0 N–H and O–H groups in total. The van der Waals surface area contributed by atoms with Crippen molar-refractivity contribution in [3.05, 3.63) is 51.9 Å². The first kappa shape index (κ1) is 12.5. The van der Waals surface area contributed by atoms with Crippen LogP contribution in [0.5, 0.6) is 0 Å². The van der Waals surface area contributed by atoms with Crippen molar-refractivity contribution in [3.63, 3.8) is 0 Å². The summed E-state index contributed by atoms with van der Waals surface area (Å²) in [6, 6.07) is 8.77. The van der Waals surface area contributed by atoms with E-state index in [9.17, 15) is 4.79 Å². The molecule has 0 saturated heterocycles. The largest absolute Gasteiger partial charge is 0.293 e. The Morgan fingerprint density at radius 2 is 2.41 bits per heavy atom. The Hall–Kier alpha value is -2.57. The van der Waals surface area contributed by atoms with Crippen molar-refractivity contribution in [2.24, 2.45) is 5.11 Å². The Bertz CT molecular complexity index is 522. The number of ketones is 1. The van der Waals surface area contributed by atoms with E-state index in [1.54, 1.807) is 30.4 Å². The van der Waals surface area contributed by atoms with Crippen molar-refractivity contribution in [1.29, 1.82) is 5.26 Å². The zero-order valence-corrected chi connectivity index (χ0v) is 9.08. The molecule has 0 radical (unpaired) electrons. The third-order valence-corrected chi connectivity index (χ3v) is 2.01. The fraction of sp³-hybridized carbons (Fsp3) is 0.167. The number of nitriles is 1. The summed E-state index contributed by atoms with van der Waals surface area (Å²) in [5.41, 5.74) is 9.44. The minimum Gasteiger partial charge on any atom is -0.293 e. The molecule has 0 atom stereocenters. The fourth-order valence-corrected chi connectivity index (χ4v) is 1.26. The predicted molar refractivity (Wildman–Crippen MR) is 64.0 cm³/mol. The maximum Gasteiger partial charge on any atom is 0.176 e. The molecule has 5 nitrogen and oxygen atoms in total. The Balaban J connectivity index is 2.79. The van der Waals surface area contributed by atoms with Crippen molar-refractivity contribution < 1.29 is 4.79 Å². The van der Waals surface area contributed by atoms with Gasteiger partial charge in [-0.05, 0) is 17.2 Å². The zero-order chi connectivity index (χ0) is 12.5. The van der Waals surface area contributed by atoms with Crippen LogP contribution >= 0.6 is 0 Å². The zero-order valence-electron chi connectivity index (χ0n) is 9.08. The molecule has 0 heterocycles. The highest BCUT2D eigenvalue weighted by atomic mass is 16.1. The molecule has 1 rings (SSSR count). The second kappa shape index (κ2) is 6.83. The van der Waals surface area contributed by atoms with Gasteiger partial charge in [-0.15, -0.1) is 0 Å². The summed E-state index contributed by atoms with van der Waals surface area (Å²) < 4.78 is 0. The van der Waals surface area contributed by atoms with E-state index in [2.05, 4.69) is 10.0 Å². The van der Waals surface area contributed by atoms with Crippen LogP contribution in [0.25, 0.3) is 16.5 Å². The van der Waals surface area contributed by atoms with Gasteiger partial charge in [0, 0.05) is 17.0 Å². The van der Waals surface area contributed by atoms with Crippen LogP contribution in [0.4, 0.5) is 0 Å². The molecule has 0 spiro atoms. The van der Waals surface area contributed by atoms with Gasteiger partial charge in [0.1, 0.15) is 0 Å². The van der Waals surface area contributed by atoms with E-state index in [4.69, 9.17) is 10.8 Å². The third kappa shape index (κ3) is 4.20. The van der Waals surface area contributed by atoms with E-state index in [0.29, 0.717) is 5.56 Å². The molecule has 0 bridgehead atoms. The summed E-state index contributed by atoms with van der Waals surface area (Å²) in [6.45, 7) is 0.271. The summed E-state index contributed by atoms with van der Waals surface area (Å²) in [5.74, 6) is -0.196. The highest BCUT2D eigenvalue weighted by Crippen LogP contribution is 2.09. The quantitative estimate of drug-likeness (QED) is 0.334. The average molecular weight is 226 g/mol. The Morgan fingerprint density at radius 3 is 3.12 bits per heavy atom. The van der Waals surface area contributed by atoms with E-state index in [-0.39, 0.29) is 18.7 Å². The maximum atomic E-state index is 11.5. The van der Waals surface area contributed by atoms with Gasteiger partial charge in [0.05, 0.1) is 12.5 Å². The van der Waals surface area contributed by atoms with Gasteiger partial charge in [0.25, 0.3) is 0 Å². The highest BCUT2D eigenvalue weighted by Gasteiger charge is 2.04. The summed E-state index contributed by atoms with van der Waals surface area (Å²) in [5, 5.41) is 11.8. The maximum absolute atomic E-state index is 11.5. The molecule has 0 aliphatic heterocycles. The van der Waals surface area contributed by atoms with Gasteiger partial charge in [-0.2, -0.15) is 5.26 Å². The highest BCUT2D eigenvalue weighted by molar-refractivity contribution is 5.97. The van der Waals surface area contributed by atoms with Crippen molar-refractivity contribution >= 4 is 11.9 Å². The smallest absolute Gasteiger partial charge is 0.176 e. The van der Waals surface area contributed by atoms with Crippen molar-refractivity contribution in [2.75, 3.05) is 6.54 Å². The van der Waals surface area contributed by atoms with E-state index in [0.717, 1.165) is 5.56 Å². The van der Waals surface area contributed by atoms with Crippen molar-refractivity contribution in [1.82, 2.24) is 0 Å². The Labute approximate surface area is 98.6 Å². The molecule has 0 unspecified atom stereocenters. The lowest BCUT2D eigenvalue weighted by Crippen LogP contribution is -1.97. The molecular formula is C12H10N4O.